The monoisotopic (exact) mass is 195 g/mol. The maximum Gasteiger partial charge on any atom is 0.324 e. The van der Waals surface area contributed by atoms with E-state index in [0.717, 1.165) is 0 Å². The summed E-state index contributed by atoms with van der Waals surface area (Å²) >= 11 is 0. The molecular weight excluding hydrogens is 182 g/mol. The maximum absolute atomic E-state index is 10.6. The van der Waals surface area contributed by atoms with Gasteiger partial charge in [0.05, 0.1) is 0 Å². The van der Waals surface area contributed by atoms with Gasteiger partial charge in [0.25, 0.3) is 0 Å². The molecule has 1 aromatic rings. The van der Waals surface area contributed by atoms with Gasteiger partial charge in [0.1, 0.15) is 11.7 Å². The third kappa shape index (κ3) is 1.90. The molecule has 0 spiro atoms. The summed E-state index contributed by atoms with van der Waals surface area (Å²) in [7, 11) is 0. The Morgan fingerprint density at radius 2 is 1.79 bits per heavy atom. The fourth-order valence-electron chi connectivity index (χ4n) is 1.11. The summed E-state index contributed by atoms with van der Waals surface area (Å²) in [5, 5.41) is 8.69. The molecule has 1 unspecified atom stereocenters. The van der Waals surface area contributed by atoms with Crippen molar-refractivity contribution in [2.45, 2.75) is 11.7 Å². The minimum absolute atomic E-state index is 0.495. The van der Waals surface area contributed by atoms with Gasteiger partial charge in [0.15, 0.2) is 0 Å². The van der Waals surface area contributed by atoms with E-state index in [0.29, 0.717) is 5.56 Å². The van der Waals surface area contributed by atoms with Crippen LogP contribution in [0, 0.1) is 0 Å². The van der Waals surface area contributed by atoms with Gasteiger partial charge in [-0.3, -0.25) is 4.79 Å². The predicted molar refractivity (Wildman–Crippen MR) is 52.1 cm³/mol. The summed E-state index contributed by atoms with van der Waals surface area (Å²) in [6.45, 7) is 0. The van der Waals surface area contributed by atoms with Crippen molar-refractivity contribution in [3.05, 3.63) is 35.9 Å². The fraction of sp³-hybridized carbons (Fsp3) is 0.222. The standard InChI is InChI=1S/C9H13N3O2/c10-7(8(13)14)9(11,12)6-4-2-1-3-5-6/h1-5,7H,10-12H2,(H,13,14). The molecule has 5 heteroatoms. The highest BCUT2D eigenvalue weighted by molar-refractivity contribution is 5.75. The van der Waals surface area contributed by atoms with Crippen LogP contribution in [-0.2, 0) is 10.5 Å². The van der Waals surface area contributed by atoms with Crippen LogP contribution < -0.4 is 17.2 Å². The molecule has 1 rings (SSSR count). The van der Waals surface area contributed by atoms with Gasteiger partial charge in [-0.25, -0.2) is 0 Å². The van der Waals surface area contributed by atoms with Crippen molar-refractivity contribution in [3.63, 3.8) is 0 Å². The van der Waals surface area contributed by atoms with E-state index in [1.165, 1.54) is 0 Å². The quantitative estimate of drug-likeness (QED) is 0.470. The zero-order chi connectivity index (χ0) is 10.8. The zero-order valence-electron chi connectivity index (χ0n) is 7.55. The number of carbonyl (C=O) groups is 1. The number of aliphatic carboxylic acids is 1. The molecule has 0 fully saturated rings. The van der Waals surface area contributed by atoms with Crippen LogP contribution in [0.4, 0.5) is 0 Å². The molecule has 0 aromatic heterocycles. The van der Waals surface area contributed by atoms with Crippen molar-refractivity contribution >= 4 is 5.97 Å². The molecule has 0 heterocycles. The number of benzene rings is 1. The van der Waals surface area contributed by atoms with E-state index in [9.17, 15) is 4.79 Å². The van der Waals surface area contributed by atoms with Crippen LogP contribution in [0.5, 0.6) is 0 Å². The lowest BCUT2D eigenvalue weighted by Gasteiger charge is -2.28. The average molecular weight is 195 g/mol. The molecule has 0 saturated heterocycles. The van der Waals surface area contributed by atoms with E-state index >= 15 is 0 Å². The normalized spacial score (nSPS) is 13.6. The topological polar surface area (TPSA) is 115 Å². The minimum Gasteiger partial charge on any atom is -0.480 e. The fourth-order valence-corrected chi connectivity index (χ4v) is 1.11. The van der Waals surface area contributed by atoms with Gasteiger partial charge < -0.3 is 22.3 Å². The van der Waals surface area contributed by atoms with Crippen LogP contribution in [0.1, 0.15) is 5.56 Å². The highest BCUT2D eigenvalue weighted by atomic mass is 16.4. The zero-order valence-corrected chi connectivity index (χ0v) is 7.55. The number of carboxylic acids is 1. The Morgan fingerprint density at radius 3 is 2.21 bits per heavy atom. The number of hydrogen-bond donors (Lipinski definition) is 4. The Morgan fingerprint density at radius 1 is 1.29 bits per heavy atom. The molecule has 76 valence electrons. The van der Waals surface area contributed by atoms with Crippen LogP contribution in [0.2, 0.25) is 0 Å². The Kier molecular flexibility index (Phi) is 2.85. The minimum atomic E-state index is -1.55. The molecule has 0 bridgehead atoms. The van der Waals surface area contributed by atoms with E-state index in [2.05, 4.69) is 0 Å². The van der Waals surface area contributed by atoms with Crippen LogP contribution >= 0.6 is 0 Å². The lowest BCUT2D eigenvalue weighted by Crippen LogP contribution is -2.62. The second-order valence-corrected chi connectivity index (χ2v) is 3.11. The first-order valence-corrected chi connectivity index (χ1v) is 4.08. The summed E-state index contributed by atoms with van der Waals surface area (Å²) in [6, 6.07) is 7.18. The molecule has 0 saturated carbocycles. The third-order valence-corrected chi connectivity index (χ3v) is 2.05. The lowest BCUT2D eigenvalue weighted by atomic mass is 9.94. The smallest absolute Gasteiger partial charge is 0.324 e. The highest BCUT2D eigenvalue weighted by Gasteiger charge is 2.34. The summed E-state index contributed by atoms with van der Waals surface area (Å²) in [5.74, 6) is -1.22. The van der Waals surface area contributed by atoms with Crippen molar-refractivity contribution in [1.82, 2.24) is 0 Å². The molecule has 7 N–H and O–H groups in total. The largest absolute Gasteiger partial charge is 0.480 e. The Hall–Kier alpha value is -1.43. The van der Waals surface area contributed by atoms with Crippen LogP contribution in [0.15, 0.2) is 30.3 Å². The number of nitrogens with two attached hydrogens (primary N) is 3. The second-order valence-electron chi connectivity index (χ2n) is 3.11. The first kappa shape index (κ1) is 10.6. The molecular formula is C9H13N3O2. The van der Waals surface area contributed by atoms with Gasteiger partial charge in [-0.2, -0.15) is 0 Å². The number of carboxylic acid groups (broad SMARTS) is 1. The summed E-state index contributed by atoms with van der Waals surface area (Å²) < 4.78 is 0. The van der Waals surface area contributed by atoms with E-state index in [4.69, 9.17) is 22.3 Å². The molecule has 1 atom stereocenters. The number of rotatable bonds is 3. The van der Waals surface area contributed by atoms with Gasteiger partial charge >= 0.3 is 5.97 Å². The first-order chi connectivity index (χ1) is 6.46. The van der Waals surface area contributed by atoms with E-state index in [-0.39, 0.29) is 0 Å². The molecule has 0 aliphatic heterocycles. The second kappa shape index (κ2) is 3.75. The van der Waals surface area contributed by atoms with E-state index in [1.807, 2.05) is 0 Å². The van der Waals surface area contributed by atoms with Gasteiger partial charge in [0, 0.05) is 0 Å². The van der Waals surface area contributed by atoms with Crippen LogP contribution in [0.3, 0.4) is 0 Å². The van der Waals surface area contributed by atoms with Gasteiger partial charge in [-0.05, 0) is 5.56 Å². The summed E-state index contributed by atoms with van der Waals surface area (Å²) in [5.41, 5.74) is 15.6. The van der Waals surface area contributed by atoms with E-state index in [1.54, 1.807) is 30.3 Å². The highest BCUT2D eigenvalue weighted by Crippen LogP contribution is 2.14. The van der Waals surface area contributed by atoms with Gasteiger partial charge in [-0.1, -0.05) is 30.3 Å². The number of hydrogen-bond acceptors (Lipinski definition) is 4. The van der Waals surface area contributed by atoms with Gasteiger partial charge in [0.2, 0.25) is 0 Å². The average Bonchev–Trinajstić information content (AvgIpc) is 2.18. The van der Waals surface area contributed by atoms with E-state index < -0.39 is 17.7 Å². The van der Waals surface area contributed by atoms with Crippen molar-refractivity contribution in [2.24, 2.45) is 17.2 Å². The summed E-state index contributed by atoms with van der Waals surface area (Å²) in [6.07, 6.45) is 0. The predicted octanol–water partition coefficient (Wildman–Crippen LogP) is -0.831. The Bertz CT molecular complexity index is 324. The van der Waals surface area contributed by atoms with Crippen molar-refractivity contribution in [3.8, 4) is 0 Å². The molecule has 14 heavy (non-hydrogen) atoms. The van der Waals surface area contributed by atoms with Crippen molar-refractivity contribution in [2.75, 3.05) is 0 Å². The van der Waals surface area contributed by atoms with Crippen molar-refractivity contribution in [1.29, 1.82) is 0 Å². The van der Waals surface area contributed by atoms with Crippen LogP contribution in [0.25, 0.3) is 0 Å². The molecule has 0 radical (unpaired) electrons. The molecule has 1 aromatic carbocycles. The Balaban J connectivity index is 3.02. The molecule has 0 aliphatic rings. The molecule has 0 aliphatic carbocycles. The lowest BCUT2D eigenvalue weighted by molar-refractivity contribution is -0.140. The van der Waals surface area contributed by atoms with Crippen molar-refractivity contribution < 1.29 is 9.90 Å². The maximum atomic E-state index is 10.6. The molecule has 0 amide bonds. The van der Waals surface area contributed by atoms with Crippen LogP contribution in [-0.4, -0.2) is 17.1 Å². The first-order valence-electron chi connectivity index (χ1n) is 4.08. The SMILES string of the molecule is NC(C(=O)O)C(N)(N)c1ccccc1. The van der Waals surface area contributed by atoms with Gasteiger partial charge in [-0.15, -0.1) is 0 Å². The Labute approximate surface area is 81.5 Å². The molecule has 5 nitrogen and oxygen atoms in total. The summed E-state index contributed by atoms with van der Waals surface area (Å²) in [4.78, 5) is 10.6. The third-order valence-electron chi connectivity index (χ3n) is 2.05.